The second-order valence-electron chi connectivity index (χ2n) is 8.22. The van der Waals surface area contributed by atoms with Crippen LogP contribution in [0.5, 0.6) is 23.0 Å². The minimum absolute atomic E-state index is 0.195. The summed E-state index contributed by atoms with van der Waals surface area (Å²) in [4.78, 5) is 18.0. The van der Waals surface area contributed by atoms with Crippen molar-refractivity contribution in [2.75, 3.05) is 21.0 Å². The molecule has 0 bridgehead atoms. The van der Waals surface area contributed by atoms with Crippen molar-refractivity contribution < 1.29 is 23.4 Å². The zero-order valence-electron chi connectivity index (χ0n) is 19.8. The molecule has 3 aromatic heterocycles. The summed E-state index contributed by atoms with van der Waals surface area (Å²) in [5, 5.41) is 4.56. The SMILES string of the molecule is COc1cccc(-c2nc(Cn3ccn4nc(-c5ccc6c(c5)OCO6)cc4c3=O)c(C)o2)c1OC. The summed E-state index contributed by atoms with van der Waals surface area (Å²) in [6, 6.07) is 12.8. The maximum absolute atomic E-state index is 13.3. The molecule has 182 valence electrons. The molecule has 0 spiro atoms. The highest BCUT2D eigenvalue weighted by atomic mass is 16.7. The largest absolute Gasteiger partial charge is 0.493 e. The van der Waals surface area contributed by atoms with Gasteiger partial charge in [0.1, 0.15) is 17.0 Å². The van der Waals surface area contributed by atoms with E-state index < -0.39 is 0 Å². The Labute approximate surface area is 205 Å². The number of para-hydroxylation sites is 1. The Kier molecular flexibility index (Phi) is 5.14. The molecule has 0 N–H and O–H groups in total. The topological polar surface area (TPSA) is 102 Å². The third-order valence-electron chi connectivity index (χ3n) is 6.12. The summed E-state index contributed by atoms with van der Waals surface area (Å²) in [6.45, 7) is 2.25. The Morgan fingerprint density at radius 1 is 1.03 bits per heavy atom. The summed E-state index contributed by atoms with van der Waals surface area (Å²) in [6.07, 6.45) is 3.43. The van der Waals surface area contributed by atoms with Gasteiger partial charge in [-0.2, -0.15) is 5.10 Å². The molecule has 2 aromatic carbocycles. The van der Waals surface area contributed by atoms with Gasteiger partial charge in [-0.1, -0.05) is 6.07 Å². The van der Waals surface area contributed by atoms with Crippen LogP contribution in [0.25, 0.3) is 28.2 Å². The van der Waals surface area contributed by atoms with Gasteiger partial charge in [0.25, 0.3) is 5.56 Å². The predicted octanol–water partition coefficient (Wildman–Crippen LogP) is 3.92. The van der Waals surface area contributed by atoms with Crippen molar-refractivity contribution in [2.24, 2.45) is 0 Å². The maximum atomic E-state index is 13.3. The van der Waals surface area contributed by atoms with Gasteiger partial charge in [0.15, 0.2) is 23.0 Å². The zero-order valence-corrected chi connectivity index (χ0v) is 19.8. The highest BCUT2D eigenvalue weighted by Gasteiger charge is 2.20. The molecular weight excluding hydrogens is 464 g/mol. The lowest BCUT2D eigenvalue weighted by Gasteiger charge is -2.10. The number of rotatable bonds is 6. The van der Waals surface area contributed by atoms with Gasteiger partial charge in [-0.25, -0.2) is 9.50 Å². The number of fused-ring (bicyclic) bond motifs is 2. The Morgan fingerprint density at radius 2 is 1.89 bits per heavy atom. The summed E-state index contributed by atoms with van der Waals surface area (Å²) in [5.41, 5.74) is 3.04. The first-order valence-corrected chi connectivity index (χ1v) is 11.2. The highest BCUT2D eigenvalue weighted by molar-refractivity contribution is 5.69. The second-order valence-corrected chi connectivity index (χ2v) is 8.22. The lowest BCUT2D eigenvalue weighted by molar-refractivity contribution is 0.174. The Balaban J connectivity index is 1.34. The summed E-state index contributed by atoms with van der Waals surface area (Å²) in [7, 11) is 3.14. The number of aromatic nitrogens is 4. The number of benzene rings is 2. The molecule has 10 nitrogen and oxygen atoms in total. The van der Waals surface area contributed by atoms with Crippen LogP contribution in [0.4, 0.5) is 0 Å². The van der Waals surface area contributed by atoms with Gasteiger partial charge in [-0.15, -0.1) is 0 Å². The predicted molar refractivity (Wildman–Crippen MR) is 130 cm³/mol. The smallest absolute Gasteiger partial charge is 0.276 e. The van der Waals surface area contributed by atoms with E-state index >= 15 is 0 Å². The molecule has 5 aromatic rings. The molecule has 0 atom stereocenters. The molecule has 0 saturated carbocycles. The molecule has 4 heterocycles. The van der Waals surface area contributed by atoms with Crippen molar-refractivity contribution in [3.63, 3.8) is 0 Å². The molecule has 0 amide bonds. The monoisotopic (exact) mass is 486 g/mol. The van der Waals surface area contributed by atoms with E-state index in [1.807, 2.05) is 37.3 Å². The first-order valence-electron chi connectivity index (χ1n) is 11.2. The molecule has 0 saturated heterocycles. The van der Waals surface area contributed by atoms with Crippen molar-refractivity contribution in [1.29, 1.82) is 0 Å². The lowest BCUT2D eigenvalue weighted by atomic mass is 10.1. The van der Waals surface area contributed by atoms with Crippen LogP contribution in [-0.2, 0) is 6.54 Å². The Hall–Kier alpha value is -4.73. The van der Waals surface area contributed by atoms with E-state index in [0.29, 0.717) is 57.1 Å². The number of oxazole rings is 1. The number of ether oxygens (including phenoxy) is 4. The quantitative estimate of drug-likeness (QED) is 0.356. The number of hydrogen-bond donors (Lipinski definition) is 0. The molecular formula is C26H22N4O6. The number of aryl methyl sites for hydroxylation is 1. The van der Waals surface area contributed by atoms with Gasteiger partial charge in [0, 0.05) is 18.0 Å². The first-order chi connectivity index (χ1) is 17.6. The lowest BCUT2D eigenvalue weighted by Crippen LogP contribution is -2.22. The first kappa shape index (κ1) is 21.8. The van der Waals surface area contributed by atoms with Gasteiger partial charge < -0.3 is 27.9 Å². The molecule has 0 unspecified atom stereocenters. The highest BCUT2D eigenvalue weighted by Crippen LogP contribution is 2.38. The normalized spacial score (nSPS) is 12.3. The summed E-state index contributed by atoms with van der Waals surface area (Å²) >= 11 is 0. The van der Waals surface area contributed by atoms with Gasteiger partial charge in [0.2, 0.25) is 12.7 Å². The van der Waals surface area contributed by atoms with Crippen LogP contribution in [0.2, 0.25) is 0 Å². The maximum Gasteiger partial charge on any atom is 0.276 e. The Morgan fingerprint density at radius 3 is 2.72 bits per heavy atom. The third-order valence-corrected chi connectivity index (χ3v) is 6.12. The number of hydrogen-bond acceptors (Lipinski definition) is 8. The molecule has 6 rings (SSSR count). The minimum Gasteiger partial charge on any atom is -0.493 e. The van der Waals surface area contributed by atoms with Crippen LogP contribution >= 0.6 is 0 Å². The van der Waals surface area contributed by atoms with Crippen LogP contribution in [-0.4, -0.2) is 40.2 Å². The second kappa shape index (κ2) is 8.49. The van der Waals surface area contributed by atoms with E-state index in [1.165, 1.54) is 0 Å². The van der Waals surface area contributed by atoms with Crippen molar-refractivity contribution in [2.45, 2.75) is 13.5 Å². The van der Waals surface area contributed by atoms with Gasteiger partial charge in [0.05, 0.1) is 32.0 Å². The average Bonchev–Trinajstić information content (AvgIpc) is 3.63. The standard InChI is InChI=1S/C26H22N4O6/c1-15-19(27-25(36-15)17-5-4-6-22(32-2)24(17)33-3)13-29-9-10-30-20(26(29)31)12-18(28-30)16-7-8-21-23(11-16)35-14-34-21/h4-12H,13-14H2,1-3H3. The minimum atomic E-state index is -0.195. The van der Waals surface area contributed by atoms with Crippen molar-refractivity contribution >= 4 is 5.52 Å². The van der Waals surface area contributed by atoms with Crippen molar-refractivity contribution in [1.82, 2.24) is 19.2 Å². The molecule has 0 fully saturated rings. The van der Waals surface area contributed by atoms with Crippen LogP contribution in [0.1, 0.15) is 11.5 Å². The molecule has 0 aliphatic carbocycles. The molecule has 36 heavy (non-hydrogen) atoms. The van der Waals surface area contributed by atoms with Crippen LogP contribution in [0, 0.1) is 6.92 Å². The fraction of sp³-hybridized carbons (Fsp3) is 0.192. The summed E-state index contributed by atoms with van der Waals surface area (Å²) in [5.74, 6) is 3.46. The third kappa shape index (κ3) is 3.54. The number of methoxy groups -OCH3 is 2. The molecule has 10 heteroatoms. The van der Waals surface area contributed by atoms with Crippen LogP contribution in [0.3, 0.4) is 0 Å². The van der Waals surface area contributed by atoms with Gasteiger partial charge in [-0.05, 0) is 43.3 Å². The Bertz CT molecular complexity index is 1670. The van der Waals surface area contributed by atoms with E-state index in [4.69, 9.17) is 23.4 Å². The molecule has 0 radical (unpaired) electrons. The van der Waals surface area contributed by atoms with E-state index in [1.54, 1.807) is 47.8 Å². The van der Waals surface area contributed by atoms with E-state index in [9.17, 15) is 4.79 Å². The van der Waals surface area contributed by atoms with E-state index in [-0.39, 0.29) is 18.9 Å². The van der Waals surface area contributed by atoms with Crippen molar-refractivity contribution in [3.8, 4) is 45.7 Å². The van der Waals surface area contributed by atoms with Crippen molar-refractivity contribution in [3.05, 3.63) is 76.7 Å². The van der Waals surface area contributed by atoms with Crippen LogP contribution < -0.4 is 24.5 Å². The molecule has 1 aliphatic rings. The van der Waals surface area contributed by atoms with Gasteiger partial charge in [-0.3, -0.25) is 4.79 Å². The van der Waals surface area contributed by atoms with Gasteiger partial charge >= 0.3 is 0 Å². The van der Waals surface area contributed by atoms with E-state index in [2.05, 4.69) is 10.1 Å². The number of nitrogens with zero attached hydrogens (tertiary/aromatic N) is 4. The summed E-state index contributed by atoms with van der Waals surface area (Å²) < 4.78 is 30.8. The van der Waals surface area contributed by atoms with Crippen LogP contribution in [0.15, 0.2) is 64.1 Å². The fourth-order valence-electron chi connectivity index (χ4n) is 4.25. The fourth-order valence-corrected chi connectivity index (χ4v) is 4.25. The molecule has 1 aliphatic heterocycles. The zero-order chi connectivity index (χ0) is 24.8. The van der Waals surface area contributed by atoms with E-state index in [0.717, 1.165) is 5.56 Å². The average molecular weight is 486 g/mol.